The molecule has 0 spiro atoms. The van der Waals surface area contributed by atoms with E-state index < -0.39 is 0 Å². The van der Waals surface area contributed by atoms with Crippen LogP contribution >= 0.6 is 15.9 Å². The number of para-hydroxylation sites is 1. The van der Waals surface area contributed by atoms with Gasteiger partial charge in [0, 0.05) is 11.5 Å². The van der Waals surface area contributed by atoms with Crippen LogP contribution < -0.4 is 5.73 Å². The number of nitrogens with two attached hydrogens (primary N) is 1. The van der Waals surface area contributed by atoms with Gasteiger partial charge in [-0.05, 0) is 35.0 Å². The first-order valence-electron chi connectivity index (χ1n) is 4.47. The van der Waals surface area contributed by atoms with Gasteiger partial charge in [-0.1, -0.05) is 6.07 Å². The molecule has 0 bridgehead atoms. The van der Waals surface area contributed by atoms with Crippen LogP contribution in [0.25, 0.3) is 11.0 Å². The number of aryl methyl sites for hydroxylation is 1. The van der Waals surface area contributed by atoms with Crippen molar-refractivity contribution in [2.24, 2.45) is 12.8 Å². The van der Waals surface area contributed by atoms with Crippen molar-refractivity contribution in [3.63, 3.8) is 0 Å². The summed E-state index contributed by atoms with van der Waals surface area (Å²) in [7, 11) is 1.99. The van der Waals surface area contributed by atoms with Crippen LogP contribution in [0.3, 0.4) is 0 Å². The highest BCUT2D eigenvalue weighted by atomic mass is 79.9. The van der Waals surface area contributed by atoms with Crippen molar-refractivity contribution >= 4 is 27.0 Å². The standard InChI is InChI=1S/C10H12BrN3/c1-6(12)10-13-9-7(11)4-3-5-8(9)14(10)2/h3-6H,12H2,1-2H3. The molecular formula is C10H12BrN3. The molecule has 14 heavy (non-hydrogen) atoms. The lowest BCUT2D eigenvalue weighted by Crippen LogP contribution is -2.11. The normalized spacial score (nSPS) is 13.4. The average Bonchev–Trinajstić information content (AvgIpc) is 2.46. The van der Waals surface area contributed by atoms with Gasteiger partial charge in [0.15, 0.2) is 0 Å². The third-order valence-electron chi connectivity index (χ3n) is 2.30. The van der Waals surface area contributed by atoms with Crippen LogP contribution in [0.1, 0.15) is 18.8 Å². The number of nitrogens with zero attached hydrogens (tertiary/aromatic N) is 2. The van der Waals surface area contributed by atoms with Gasteiger partial charge in [-0.3, -0.25) is 0 Å². The summed E-state index contributed by atoms with van der Waals surface area (Å²) >= 11 is 3.48. The molecule has 0 saturated carbocycles. The average molecular weight is 254 g/mol. The van der Waals surface area contributed by atoms with E-state index in [9.17, 15) is 0 Å². The first-order valence-corrected chi connectivity index (χ1v) is 5.27. The van der Waals surface area contributed by atoms with E-state index in [1.165, 1.54) is 0 Å². The van der Waals surface area contributed by atoms with Gasteiger partial charge in [0.1, 0.15) is 11.3 Å². The molecule has 0 saturated heterocycles. The molecule has 0 aliphatic carbocycles. The van der Waals surface area contributed by atoms with Gasteiger partial charge in [-0.25, -0.2) is 4.98 Å². The van der Waals surface area contributed by atoms with Gasteiger partial charge in [0.05, 0.1) is 11.6 Å². The molecule has 1 atom stereocenters. The van der Waals surface area contributed by atoms with Crippen LogP contribution in [-0.4, -0.2) is 9.55 Å². The predicted molar refractivity (Wildman–Crippen MR) is 61.0 cm³/mol. The van der Waals surface area contributed by atoms with Gasteiger partial charge in [-0.2, -0.15) is 0 Å². The zero-order valence-corrected chi connectivity index (χ0v) is 9.75. The van der Waals surface area contributed by atoms with E-state index in [-0.39, 0.29) is 6.04 Å². The Morgan fingerprint density at radius 3 is 2.79 bits per heavy atom. The Morgan fingerprint density at radius 2 is 2.21 bits per heavy atom. The third-order valence-corrected chi connectivity index (χ3v) is 2.94. The van der Waals surface area contributed by atoms with Crippen LogP contribution in [0.2, 0.25) is 0 Å². The molecule has 1 heterocycles. The molecule has 3 nitrogen and oxygen atoms in total. The third kappa shape index (κ3) is 1.35. The summed E-state index contributed by atoms with van der Waals surface area (Å²) < 4.78 is 3.04. The summed E-state index contributed by atoms with van der Waals surface area (Å²) in [6, 6.07) is 5.98. The van der Waals surface area contributed by atoms with Gasteiger partial charge in [0.25, 0.3) is 0 Å². The highest BCUT2D eigenvalue weighted by molar-refractivity contribution is 9.10. The Bertz CT molecular complexity index is 473. The Balaban J connectivity index is 2.80. The fraction of sp³-hybridized carbons (Fsp3) is 0.300. The molecule has 2 N–H and O–H groups in total. The fourth-order valence-corrected chi connectivity index (χ4v) is 2.05. The van der Waals surface area contributed by atoms with Gasteiger partial charge in [-0.15, -0.1) is 0 Å². The van der Waals surface area contributed by atoms with Crippen molar-refractivity contribution in [3.05, 3.63) is 28.5 Å². The fourth-order valence-electron chi connectivity index (χ4n) is 1.61. The lowest BCUT2D eigenvalue weighted by atomic mass is 10.3. The number of halogens is 1. The molecule has 1 aromatic carbocycles. The minimum Gasteiger partial charge on any atom is -0.330 e. The molecule has 0 fully saturated rings. The van der Waals surface area contributed by atoms with Crippen molar-refractivity contribution < 1.29 is 0 Å². The number of fused-ring (bicyclic) bond motifs is 1. The summed E-state index contributed by atoms with van der Waals surface area (Å²) in [5.74, 6) is 0.909. The van der Waals surface area contributed by atoms with E-state index in [4.69, 9.17) is 5.73 Å². The maximum atomic E-state index is 5.83. The first kappa shape index (κ1) is 9.68. The zero-order valence-electron chi connectivity index (χ0n) is 8.16. The van der Waals surface area contributed by atoms with Crippen LogP contribution in [-0.2, 0) is 7.05 Å². The summed E-state index contributed by atoms with van der Waals surface area (Å²) in [6.07, 6.45) is 0. The van der Waals surface area contributed by atoms with E-state index >= 15 is 0 Å². The highest BCUT2D eigenvalue weighted by Crippen LogP contribution is 2.24. The number of imidazole rings is 1. The molecule has 4 heteroatoms. The smallest absolute Gasteiger partial charge is 0.126 e. The number of hydrogen-bond acceptors (Lipinski definition) is 2. The molecule has 1 unspecified atom stereocenters. The first-order chi connectivity index (χ1) is 6.61. The lowest BCUT2D eigenvalue weighted by molar-refractivity contribution is 0.696. The Kier molecular flexibility index (Phi) is 2.33. The topological polar surface area (TPSA) is 43.8 Å². The number of rotatable bonds is 1. The van der Waals surface area contributed by atoms with E-state index in [0.717, 1.165) is 21.3 Å². The van der Waals surface area contributed by atoms with Crippen molar-refractivity contribution in [3.8, 4) is 0 Å². The van der Waals surface area contributed by atoms with Crippen LogP contribution in [0, 0.1) is 0 Å². The molecule has 1 aromatic heterocycles. The van der Waals surface area contributed by atoms with Crippen molar-refractivity contribution in [2.45, 2.75) is 13.0 Å². The van der Waals surface area contributed by atoms with Crippen LogP contribution in [0.4, 0.5) is 0 Å². The summed E-state index contributed by atoms with van der Waals surface area (Å²) in [5, 5.41) is 0. The largest absolute Gasteiger partial charge is 0.330 e. The minimum atomic E-state index is -0.0423. The summed E-state index contributed by atoms with van der Waals surface area (Å²) in [6.45, 7) is 1.94. The predicted octanol–water partition coefficient (Wildman–Crippen LogP) is 2.36. The van der Waals surface area contributed by atoms with E-state index in [1.54, 1.807) is 0 Å². The maximum Gasteiger partial charge on any atom is 0.126 e. The second-order valence-electron chi connectivity index (χ2n) is 3.43. The van der Waals surface area contributed by atoms with Crippen molar-refractivity contribution in [2.75, 3.05) is 0 Å². The molecule has 0 aliphatic heterocycles. The Labute approximate surface area is 91.1 Å². The summed E-state index contributed by atoms with van der Waals surface area (Å²) in [5.41, 5.74) is 7.91. The van der Waals surface area contributed by atoms with E-state index in [2.05, 4.69) is 20.9 Å². The maximum absolute atomic E-state index is 5.83. The number of aromatic nitrogens is 2. The van der Waals surface area contributed by atoms with Crippen LogP contribution in [0.5, 0.6) is 0 Å². The highest BCUT2D eigenvalue weighted by Gasteiger charge is 2.12. The van der Waals surface area contributed by atoms with E-state index in [0.29, 0.717) is 0 Å². The zero-order chi connectivity index (χ0) is 10.3. The van der Waals surface area contributed by atoms with Crippen molar-refractivity contribution in [1.29, 1.82) is 0 Å². The number of benzene rings is 1. The van der Waals surface area contributed by atoms with Gasteiger partial charge in [0.2, 0.25) is 0 Å². The molecule has 0 radical (unpaired) electrons. The SMILES string of the molecule is CC(N)c1nc2c(Br)cccc2n1C. The molecule has 2 aromatic rings. The molecule has 0 aliphatic rings. The second kappa shape index (κ2) is 3.37. The van der Waals surface area contributed by atoms with Crippen molar-refractivity contribution in [1.82, 2.24) is 9.55 Å². The van der Waals surface area contributed by atoms with E-state index in [1.807, 2.05) is 36.7 Å². The quantitative estimate of drug-likeness (QED) is 0.848. The molecule has 0 amide bonds. The Hall–Kier alpha value is -0.870. The van der Waals surface area contributed by atoms with Crippen LogP contribution in [0.15, 0.2) is 22.7 Å². The number of hydrogen-bond donors (Lipinski definition) is 1. The monoisotopic (exact) mass is 253 g/mol. The molecule has 74 valence electrons. The minimum absolute atomic E-state index is 0.0423. The Morgan fingerprint density at radius 1 is 1.50 bits per heavy atom. The molecular weight excluding hydrogens is 242 g/mol. The van der Waals surface area contributed by atoms with Gasteiger partial charge < -0.3 is 10.3 Å². The van der Waals surface area contributed by atoms with Gasteiger partial charge >= 0.3 is 0 Å². The molecule has 2 rings (SSSR count). The second-order valence-corrected chi connectivity index (χ2v) is 4.28. The summed E-state index contributed by atoms with van der Waals surface area (Å²) in [4.78, 5) is 4.50. The lowest BCUT2D eigenvalue weighted by Gasteiger charge is -2.04.